The lowest BCUT2D eigenvalue weighted by atomic mass is 10.1. The fourth-order valence-corrected chi connectivity index (χ4v) is 2.65. The fraction of sp³-hybridized carbons (Fsp3) is 0.100. The highest BCUT2D eigenvalue weighted by molar-refractivity contribution is 6.01. The molecule has 0 radical (unpaired) electrons. The van der Waals surface area contributed by atoms with E-state index < -0.39 is 4.92 Å². The second-order valence-electron chi connectivity index (χ2n) is 5.95. The molecule has 1 aromatic heterocycles. The molecule has 0 spiro atoms. The molecule has 0 saturated heterocycles. The Morgan fingerprint density at radius 3 is 2.63 bits per heavy atom. The smallest absolute Gasteiger partial charge is 0.276 e. The molecular weight excluding hydrogens is 344 g/mol. The van der Waals surface area contributed by atoms with Gasteiger partial charge in [-0.2, -0.15) is 5.10 Å². The van der Waals surface area contributed by atoms with Gasteiger partial charge in [0.2, 0.25) is 5.91 Å². The summed E-state index contributed by atoms with van der Waals surface area (Å²) in [6, 6.07) is 17.8. The molecule has 1 amide bonds. The van der Waals surface area contributed by atoms with Gasteiger partial charge in [0.15, 0.2) is 0 Å². The van der Waals surface area contributed by atoms with Gasteiger partial charge in [-0.25, -0.2) is 4.68 Å². The van der Waals surface area contributed by atoms with E-state index in [1.165, 1.54) is 18.2 Å². The third-order valence-corrected chi connectivity index (χ3v) is 3.88. The van der Waals surface area contributed by atoms with Crippen molar-refractivity contribution in [2.24, 2.45) is 0 Å². The molecule has 0 bridgehead atoms. The minimum atomic E-state index is -0.476. The molecule has 1 N–H and O–H groups in total. The molecule has 1 heterocycles. The number of benzene rings is 2. The number of hydrogen-bond acceptors (Lipinski definition) is 4. The number of nitrogens with zero attached hydrogens (tertiary/aromatic N) is 3. The number of hydrogen-bond donors (Lipinski definition) is 1. The number of para-hydroxylation sites is 1. The predicted octanol–water partition coefficient (Wildman–Crippen LogP) is 3.80. The van der Waals surface area contributed by atoms with Crippen molar-refractivity contribution >= 4 is 23.5 Å². The van der Waals surface area contributed by atoms with Gasteiger partial charge in [-0.15, -0.1) is 0 Å². The molecule has 2 aromatic carbocycles. The summed E-state index contributed by atoms with van der Waals surface area (Å²) in [5.74, 6) is 0.177. The van der Waals surface area contributed by atoms with Gasteiger partial charge in [0.25, 0.3) is 5.69 Å². The topological polar surface area (TPSA) is 90.1 Å². The lowest BCUT2D eigenvalue weighted by molar-refractivity contribution is -0.385. The molecule has 0 atom stereocenters. The van der Waals surface area contributed by atoms with E-state index in [9.17, 15) is 14.9 Å². The van der Waals surface area contributed by atoms with Crippen molar-refractivity contribution in [3.05, 3.63) is 93.7 Å². The second kappa shape index (κ2) is 8.09. The van der Waals surface area contributed by atoms with Gasteiger partial charge in [0.1, 0.15) is 5.82 Å². The van der Waals surface area contributed by atoms with Crippen LogP contribution in [0.3, 0.4) is 0 Å². The van der Waals surface area contributed by atoms with Crippen LogP contribution in [0, 0.1) is 17.0 Å². The summed E-state index contributed by atoms with van der Waals surface area (Å²) >= 11 is 0. The van der Waals surface area contributed by atoms with E-state index in [0.29, 0.717) is 17.9 Å². The molecule has 3 rings (SSSR count). The Bertz CT molecular complexity index is 993. The summed E-state index contributed by atoms with van der Waals surface area (Å²) in [6.07, 6.45) is 2.70. The molecule has 27 heavy (non-hydrogen) atoms. The molecule has 7 nitrogen and oxygen atoms in total. The van der Waals surface area contributed by atoms with Gasteiger partial charge in [-0.3, -0.25) is 14.9 Å². The number of rotatable bonds is 6. The zero-order valence-electron chi connectivity index (χ0n) is 14.7. The zero-order chi connectivity index (χ0) is 19.2. The van der Waals surface area contributed by atoms with Gasteiger partial charge in [0, 0.05) is 18.2 Å². The second-order valence-corrected chi connectivity index (χ2v) is 5.95. The van der Waals surface area contributed by atoms with Crippen LogP contribution in [0.5, 0.6) is 0 Å². The number of nitro groups is 1. The van der Waals surface area contributed by atoms with E-state index in [4.69, 9.17) is 0 Å². The first-order valence-corrected chi connectivity index (χ1v) is 8.34. The van der Waals surface area contributed by atoms with Crippen molar-refractivity contribution in [2.75, 3.05) is 5.32 Å². The van der Waals surface area contributed by atoms with Crippen molar-refractivity contribution in [2.45, 2.75) is 13.5 Å². The number of nitro benzene ring substituents is 1. The van der Waals surface area contributed by atoms with Crippen LogP contribution >= 0.6 is 0 Å². The number of carbonyl (C=O) groups is 1. The highest BCUT2D eigenvalue weighted by Gasteiger charge is 2.11. The van der Waals surface area contributed by atoms with Crippen molar-refractivity contribution in [3.63, 3.8) is 0 Å². The van der Waals surface area contributed by atoms with Crippen molar-refractivity contribution in [1.82, 2.24) is 9.78 Å². The maximum Gasteiger partial charge on any atom is 0.276 e. The molecule has 0 fully saturated rings. The van der Waals surface area contributed by atoms with Crippen LogP contribution in [0.1, 0.15) is 16.8 Å². The third-order valence-electron chi connectivity index (χ3n) is 3.88. The predicted molar refractivity (Wildman–Crippen MR) is 103 cm³/mol. The minimum absolute atomic E-state index is 0.0495. The van der Waals surface area contributed by atoms with E-state index in [-0.39, 0.29) is 11.6 Å². The van der Waals surface area contributed by atoms with Crippen molar-refractivity contribution in [1.29, 1.82) is 0 Å². The third kappa shape index (κ3) is 4.66. The van der Waals surface area contributed by atoms with Crippen molar-refractivity contribution < 1.29 is 9.72 Å². The van der Waals surface area contributed by atoms with E-state index in [1.807, 2.05) is 37.3 Å². The molecule has 0 aliphatic heterocycles. The Labute approximate surface area is 156 Å². The largest absolute Gasteiger partial charge is 0.307 e. The standard InChI is InChI=1S/C20H18N4O3/c1-15-13-19(23(22-15)14-16-7-3-2-4-8-16)21-20(25)12-11-17-9-5-6-10-18(17)24(26)27/h2-13H,14H2,1H3,(H,21,25)/b12-11+. The Morgan fingerprint density at radius 1 is 1.19 bits per heavy atom. The molecule has 0 unspecified atom stereocenters. The van der Waals surface area contributed by atoms with Gasteiger partial charge in [-0.1, -0.05) is 42.5 Å². The quantitative estimate of drug-likeness (QED) is 0.410. The number of anilines is 1. The molecular formula is C20H18N4O3. The average Bonchev–Trinajstić information content (AvgIpc) is 2.99. The van der Waals surface area contributed by atoms with E-state index in [2.05, 4.69) is 10.4 Å². The van der Waals surface area contributed by atoms with E-state index in [1.54, 1.807) is 28.9 Å². The average molecular weight is 362 g/mol. The lowest BCUT2D eigenvalue weighted by Gasteiger charge is -2.07. The van der Waals surface area contributed by atoms with Gasteiger partial charge >= 0.3 is 0 Å². The van der Waals surface area contributed by atoms with E-state index in [0.717, 1.165) is 11.3 Å². The first-order valence-electron chi connectivity index (χ1n) is 8.34. The van der Waals surface area contributed by atoms with Crippen molar-refractivity contribution in [3.8, 4) is 0 Å². The Balaban J connectivity index is 1.74. The maximum absolute atomic E-state index is 12.3. The minimum Gasteiger partial charge on any atom is -0.307 e. The lowest BCUT2D eigenvalue weighted by Crippen LogP contribution is -2.13. The van der Waals surface area contributed by atoms with Crippen LogP contribution in [0.15, 0.2) is 66.7 Å². The summed E-state index contributed by atoms with van der Waals surface area (Å²) in [4.78, 5) is 22.8. The maximum atomic E-state index is 12.3. The number of carbonyl (C=O) groups excluding carboxylic acids is 1. The van der Waals surface area contributed by atoms with Crippen LogP contribution < -0.4 is 5.32 Å². The summed E-state index contributed by atoms with van der Waals surface area (Å²) in [6.45, 7) is 2.37. The SMILES string of the molecule is Cc1cc(NC(=O)/C=C/c2ccccc2[N+](=O)[O-])n(Cc2ccccc2)n1. The van der Waals surface area contributed by atoms with Crippen LogP contribution in [0.2, 0.25) is 0 Å². The van der Waals surface area contributed by atoms with Crippen LogP contribution in [0.4, 0.5) is 11.5 Å². The summed E-state index contributed by atoms with van der Waals surface area (Å²) < 4.78 is 1.71. The molecule has 136 valence electrons. The van der Waals surface area contributed by atoms with Crippen LogP contribution in [-0.2, 0) is 11.3 Å². The number of nitrogens with one attached hydrogen (secondary N) is 1. The molecule has 7 heteroatoms. The first-order chi connectivity index (χ1) is 13.0. The highest BCUT2D eigenvalue weighted by atomic mass is 16.6. The highest BCUT2D eigenvalue weighted by Crippen LogP contribution is 2.19. The van der Waals surface area contributed by atoms with Gasteiger partial charge < -0.3 is 5.32 Å². The normalized spacial score (nSPS) is 10.9. The summed E-state index contributed by atoms with van der Waals surface area (Å²) in [5, 5.41) is 18.2. The summed E-state index contributed by atoms with van der Waals surface area (Å²) in [5.41, 5.74) is 2.16. The number of amides is 1. The first kappa shape index (κ1) is 18.1. The Morgan fingerprint density at radius 2 is 1.89 bits per heavy atom. The summed E-state index contributed by atoms with van der Waals surface area (Å²) in [7, 11) is 0. The van der Waals surface area contributed by atoms with Gasteiger partial charge in [-0.05, 0) is 24.6 Å². The van der Waals surface area contributed by atoms with Gasteiger partial charge in [0.05, 0.1) is 22.7 Å². The number of aryl methyl sites for hydroxylation is 1. The van der Waals surface area contributed by atoms with E-state index >= 15 is 0 Å². The number of aromatic nitrogens is 2. The molecule has 0 saturated carbocycles. The molecule has 0 aliphatic rings. The molecule has 3 aromatic rings. The van der Waals surface area contributed by atoms with Crippen LogP contribution in [0.25, 0.3) is 6.08 Å². The monoisotopic (exact) mass is 362 g/mol. The fourth-order valence-electron chi connectivity index (χ4n) is 2.65. The zero-order valence-corrected chi connectivity index (χ0v) is 14.7. The Kier molecular flexibility index (Phi) is 5.41. The Hall–Kier alpha value is -3.74. The molecule has 0 aliphatic carbocycles. The van der Waals surface area contributed by atoms with Crippen LogP contribution in [-0.4, -0.2) is 20.6 Å².